The maximum Gasteiger partial charge on any atom is 0.407 e. The van der Waals surface area contributed by atoms with Crippen molar-refractivity contribution < 1.29 is 44.3 Å². The predicted octanol–water partition coefficient (Wildman–Crippen LogP) is 1.14. The molecule has 2 aromatic rings. The monoisotopic (exact) mass is 542 g/mol. The van der Waals surface area contributed by atoms with Gasteiger partial charge in [-0.3, -0.25) is 4.79 Å². The van der Waals surface area contributed by atoms with Gasteiger partial charge in [0.2, 0.25) is 5.91 Å². The fourth-order valence-corrected chi connectivity index (χ4v) is 5.14. The molecule has 210 valence electrons. The number of aliphatic hydroxyl groups is 3. The first-order valence-corrected chi connectivity index (χ1v) is 13.0. The molecule has 5 atom stereocenters. The van der Waals surface area contributed by atoms with Gasteiger partial charge in [-0.2, -0.15) is 0 Å². The van der Waals surface area contributed by atoms with Crippen LogP contribution in [-0.4, -0.2) is 88.6 Å². The summed E-state index contributed by atoms with van der Waals surface area (Å²) >= 11 is 0. The number of nitrogens with one attached hydrogen (secondary N) is 2. The molecule has 0 radical (unpaired) electrons. The van der Waals surface area contributed by atoms with E-state index < -0.39 is 55.0 Å². The first kappa shape index (κ1) is 28.5. The van der Waals surface area contributed by atoms with Crippen molar-refractivity contribution in [1.29, 1.82) is 0 Å². The second-order valence-corrected chi connectivity index (χ2v) is 9.79. The van der Waals surface area contributed by atoms with Gasteiger partial charge in [0.15, 0.2) is 0 Å². The van der Waals surface area contributed by atoms with E-state index in [0.29, 0.717) is 12.8 Å². The average Bonchev–Trinajstić information content (AvgIpc) is 3.39. The zero-order valence-electron chi connectivity index (χ0n) is 21.4. The smallest absolute Gasteiger partial charge is 0.407 e. The molecule has 0 unspecified atom stereocenters. The number of hydrogen-bond acceptors (Lipinski definition) is 8. The number of carboxylic acids is 1. The Hall–Kier alpha value is -3.51. The molecule has 11 heteroatoms. The molecule has 0 bridgehead atoms. The fourth-order valence-electron chi connectivity index (χ4n) is 5.14. The molecule has 2 aliphatic rings. The van der Waals surface area contributed by atoms with E-state index in [0.717, 1.165) is 22.3 Å². The first-order valence-electron chi connectivity index (χ1n) is 13.0. The van der Waals surface area contributed by atoms with E-state index in [1.54, 1.807) is 0 Å². The van der Waals surface area contributed by atoms with Crippen molar-refractivity contribution >= 4 is 18.0 Å². The van der Waals surface area contributed by atoms with Crippen LogP contribution in [0.1, 0.15) is 42.7 Å². The lowest BCUT2D eigenvalue weighted by Gasteiger charge is -2.17. The zero-order chi connectivity index (χ0) is 27.9. The number of unbranched alkanes of at least 4 members (excludes halogenated alkanes) is 1. The molecule has 1 saturated heterocycles. The Morgan fingerprint density at radius 2 is 1.54 bits per heavy atom. The van der Waals surface area contributed by atoms with Gasteiger partial charge in [0.05, 0.1) is 19.1 Å². The van der Waals surface area contributed by atoms with Gasteiger partial charge >= 0.3 is 12.1 Å². The minimum absolute atomic E-state index is 0.0771. The summed E-state index contributed by atoms with van der Waals surface area (Å²) in [5.74, 6) is -1.73. The summed E-state index contributed by atoms with van der Waals surface area (Å²) in [6.45, 7) is -0.135. The van der Waals surface area contributed by atoms with Crippen LogP contribution in [0.15, 0.2) is 48.5 Å². The van der Waals surface area contributed by atoms with E-state index >= 15 is 0 Å². The van der Waals surface area contributed by atoms with Crippen LogP contribution in [0, 0.1) is 0 Å². The standard InChI is InChI=1S/C28H34N2O9/c31-14-23-26(34)25(33)22(39-23)13-24(32)29-12-6-5-11-21(27(35)36)30-28(37)38-15-20-18-9-3-1-7-16(18)17-8-2-4-10-19(17)20/h1-4,7-10,20-23,25-26,31,33-34H,5-6,11-15H2,(H,29,32)(H,30,37)(H,35,36)/t21-,22-,23+,25-,26+/m0/s1. The van der Waals surface area contributed by atoms with E-state index in [9.17, 15) is 29.7 Å². The van der Waals surface area contributed by atoms with Crippen molar-refractivity contribution in [3.8, 4) is 11.1 Å². The minimum atomic E-state index is -1.27. The Labute approximate surface area is 225 Å². The minimum Gasteiger partial charge on any atom is -0.480 e. The number of aliphatic carboxylic acids is 1. The van der Waals surface area contributed by atoms with Crippen LogP contribution in [0.2, 0.25) is 0 Å². The number of carbonyl (C=O) groups excluding carboxylic acids is 2. The van der Waals surface area contributed by atoms with Crippen LogP contribution in [-0.2, 0) is 19.1 Å². The molecule has 1 fully saturated rings. The Morgan fingerprint density at radius 3 is 2.13 bits per heavy atom. The summed E-state index contributed by atoms with van der Waals surface area (Å²) in [7, 11) is 0. The highest BCUT2D eigenvalue weighted by Crippen LogP contribution is 2.44. The lowest BCUT2D eigenvalue weighted by atomic mass is 9.98. The number of alkyl carbamates (subject to hydrolysis) is 1. The van der Waals surface area contributed by atoms with Crippen molar-refractivity contribution in [2.24, 2.45) is 0 Å². The quantitative estimate of drug-likeness (QED) is 0.215. The van der Waals surface area contributed by atoms with Crippen LogP contribution in [0.5, 0.6) is 0 Å². The Kier molecular flexibility index (Phi) is 9.52. The summed E-state index contributed by atoms with van der Waals surface area (Å²) in [4.78, 5) is 36.3. The van der Waals surface area contributed by atoms with Crippen LogP contribution >= 0.6 is 0 Å². The number of amides is 2. The van der Waals surface area contributed by atoms with Gasteiger partial charge in [-0.15, -0.1) is 0 Å². The Morgan fingerprint density at radius 1 is 0.923 bits per heavy atom. The molecular weight excluding hydrogens is 508 g/mol. The van der Waals surface area contributed by atoms with Crippen molar-refractivity contribution in [2.75, 3.05) is 19.8 Å². The second kappa shape index (κ2) is 13.0. The van der Waals surface area contributed by atoms with Crippen LogP contribution in [0.3, 0.4) is 0 Å². The highest BCUT2D eigenvalue weighted by atomic mass is 16.6. The predicted molar refractivity (Wildman–Crippen MR) is 139 cm³/mol. The van der Waals surface area contributed by atoms with Gasteiger partial charge in [-0.05, 0) is 41.5 Å². The van der Waals surface area contributed by atoms with Gasteiger partial charge in [0.1, 0.15) is 31.0 Å². The fraction of sp³-hybridized carbons (Fsp3) is 0.464. The van der Waals surface area contributed by atoms with E-state index in [1.165, 1.54) is 0 Å². The Balaban J connectivity index is 1.18. The largest absolute Gasteiger partial charge is 0.480 e. The molecule has 1 aliphatic heterocycles. The summed E-state index contributed by atoms with van der Waals surface area (Å²) < 4.78 is 10.7. The summed E-state index contributed by atoms with van der Waals surface area (Å²) in [6.07, 6.45) is -4.37. The molecule has 2 amide bonds. The topological polar surface area (TPSA) is 175 Å². The van der Waals surface area contributed by atoms with E-state index in [4.69, 9.17) is 14.6 Å². The van der Waals surface area contributed by atoms with E-state index in [1.807, 2.05) is 48.5 Å². The van der Waals surface area contributed by atoms with Gasteiger partial charge in [-0.1, -0.05) is 48.5 Å². The zero-order valence-corrected chi connectivity index (χ0v) is 21.4. The van der Waals surface area contributed by atoms with Gasteiger partial charge in [-0.25, -0.2) is 9.59 Å². The Bertz CT molecular complexity index is 1130. The SMILES string of the molecule is O=C(C[C@@H]1O[C@H](CO)[C@@H](O)[C@H]1O)NCCCC[C@H](NC(=O)OCC1c2ccccc2-c2ccccc21)C(=O)O. The number of aliphatic hydroxyl groups excluding tert-OH is 3. The summed E-state index contributed by atoms with van der Waals surface area (Å²) in [5.41, 5.74) is 4.30. The molecular formula is C28H34N2O9. The molecule has 1 heterocycles. The van der Waals surface area contributed by atoms with Crippen LogP contribution < -0.4 is 10.6 Å². The average molecular weight is 543 g/mol. The lowest BCUT2D eigenvalue weighted by molar-refractivity contribution is -0.139. The van der Waals surface area contributed by atoms with E-state index in [-0.39, 0.29) is 31.9 Å². The molecule has 6 N–H and O–H groups in total. The third kappa shape index (κ3) is 6.74. The van der Waals surface area contributed by atoms with Crippen molar-refractivity contribution in [3.05, 3.63) is 59.7 Å². The highest BCUT2D eigenvalue weighted by molar-refractivity contribution is 5.81. The second-order valence-electron chi connectivity index (χ2n) is 9.79. The molecule has 0 saturated carbocycles. The van der Waals surface area contributed by atoms with Crippen molar-refractivity contribution in [1.82, 2.24) is 10.6 Å². The third-order valence-corrected chi connectivity index (χ3v) is 7.20. The maximum atomic E-state index is 12.5. The van der Waals surface area contributed by atoms with Crippen molar-refractivity contribution in [2.45, 2.75) is 62.1 Å². The number of hydrogen-bond donors (Lipinski definition) is 6. The number of carboxylic acid groups (broad SMARTS) is 1. The molecule has 11 nitrogen and oxygen atoms in total. The lowest BCUT2D eigenvalue weighted by Crippen LogP contribution is -2.41. The summed E-state index contributed by atoms with van der Waals surface area (Å²) in [5, 5.41) is 43.4. The number of benzene rings is 2. The van der Waals surface area contributed by atoms with E-state index in [2.05, 4.69) is 10.6 Å². The number of ether oxygens (including phenoxy) is 2. The van der Waals surface area contributed by atoms with Crippen LogP contribution in [0.25, 0.3) is 11.1 Å². The molecule has 0 spiro atoms. The molecule has 1 aliphatic carbocycles. The van der Waals surface area contributed by atoms with Crippen LogP contribution in [0.4, 0.5) is 4.79 Å². The summed E-state index contributed by atoms with van der Waals surface area (Å²) in [6, 6.07) is 14.7. The van der Waals surface area contributed by atoms with Crippen molar-refractivity contribution in [3.63, 3.8) is 0 Å². The molecule has 39 heavy (non-hydrogen) atoms. The molecule has 0 aromatic heterocycles. The third-order valence-electron chi connectivity index (χ3n) is 7.20. The molecule has 2 aromatic carbocycles. The maximum absolute atomic E-state index is 12.5. The number of fused-ring (bicyclic) bond motifs is 3. The normalized spacial score (nSPS) is 22.5. The van der Waals surface area contributed by atoms with Gasteiger partial charge < -0.3 is 40.5 Å². The number of rotatable bonds is 12. The van der Waals surface area contributed by atoms with Gasteiger partial charge in [0.25, 0.3) is 0 Å². The first-order chi connectivity index (χ1) is 18.8. The number of carbonyl (C=O) groups is 3. The highest BCUT2D eigenvalue weighted by Gasteiger charge is 2.42. The van der Waals surface area contributed by atoms with Gasteiger partial charge in [0, 0.05) is 12.5 Å². The molecule has 4 rings (SSSR count).